The normalized spacial score (nSPS) is 14.2. The lowest BCUT2D eigenvalue weighted by molar-refractivity contribution is 0.425. The van der Waals surface area contributed by atoms with Gasteiger partial charge in [-0.2, -0.15) is 0 Å². The Bertz CT molecular complexity index is 527. The lowest BCUT2D eigenvalue weighted by atomic mass is 9.82. The molecule has 2 aromatic rings. The van der Waals surface area contributed by atoms with E-state index in [1.165, 1.54) is 16.7 Å². The first-order chi connectivity index (χ1) is 9.55. The second-order valence-electron chi connectivity index (χ2n) is 5.95. The molecule has 0 aromatic heterocycles. The number of nitrogens with two attached hydrogens (primary N) is 1. The Balaban J connectivity index is 2.26. The fourth-order valence-electron chi connectivity index (χ4n) is 2.59. The van der Waals surface area contributed by atoms with Gasteiger partial charge in [0.05, 0.1) is 0 Å². The minimum Gasteiger partial charge on any atom is -0.321 e. The van der Waals surface area contributed by atoms with Crippen molar-refractivity contribution in [3.05, 3.63) is 71.3 Å². The highest BCUT2D eigenvalue weighted by Gasteiger charge is 2.25. The molecule has 2 aromatic carbocycles. The summed E-state index contributed by atoms with van der Waals surface area (Å²) in [5, 5.41) is 0. The zero-order valence-electron chi connectivity index (χ0n) is 12.8. The van der Waals surface area contributed by atoms with Gasteiger partial charge in [0.15, 0.2) is 0 Å². The van der Waals surface area contributed by atoms with E-state index in [4.69, 9.17) is 5.73 Å². The standard InChI is InChI=1S/C19H25N/c1-4-19(20,14-16-8-6-5-7-9-16)18-12-10-17(11-13-18)15(2)3/h5-13,15H,4,14,20H2,1-3H3. The number of hydrogen-bond acceptors (Lipinski definition) is 1. The Morgan fingerprint density at radius 2 is 1.55 bits per heavy atom. The average Bonchev–Trinajstić information content (AvgIpc) is 2.48. The van der Waals surface area contributed by atoms with Crippen LogP contribution in [0.3, 0.4) is 0 Å². The van der Waals surface area contributed by atoms with Crippen LogP contribution >= 0.6 is 0 Å². The van der Waals surface area contributed by atoms with Crippen LogP contribution in [-0.4, -0.2) is 0 Å². The van der Waals surface area contributed by atoms with Crippen molar-refractivity contribution in [2.75, 3.05) is 0 Å². The first kappa shape index (κ1) is 14.8. The molecule has 0 fully saturated rings. The summed E-state index contributed by atoms with van der Waals surface area (Å²) in [6.07, 6.45) is 1.81. The van der Waals surface area contributed by atoms with Gasteiger partial charge in [0.2, 0.25) is 0 Å². The van der Waals surface area contributed by atoms with Crippen molar-refractivity contribution >= 4 is 0 Å². The number of hydrogen-bond donors (Lipinski definition) is 1. The van der Waals surface area contributed by atoms with Crippen LogP contribution in [0.2, 0.25) is 0 Å². The van der Waals surface area contributed by atoms with Crippen molar-refractivity contribution in [3.63, 3.8) is 0 Å². The van der Waals surface area contributed by atoms with E-state index in [9.17, 15) is 0 Å². The summed E-state index contributed by atoms with van der Waals surface area (Å²) in [5.74, 6) is 0.562. The van der Waals surface area contributed by atoms with E-state index in [1.54, 1.807) is 0 Å². The molecule has 0 bridgehead atoms. The van der Waals surface area contributed by atoms with Crippen LogP contribution in [0.4, 0.5) is 0 Å². The molecule has 0 saturated carbocycles. The van der Waals surface area contributed by atoms with Gasteiger partial charge in [-0.15, -0.1) is 0 Å². The van der Waals surface area contributed by atoms with Crippen molar-refractivity contribution in [1.29, 1.82) is 0 Å². The molecule has 106 valence electrons. The van der Waals surface area contributed by atoms with Gasteiger partial charge >= 0.3 is 0 Å². The molecule has 0 aliphatic rings. The van der Waals surface area contributed by atoms with Gasteiger partial charge < -0.3 is 5.73 Å². The average molecular weight is 267 g/mol. The third-order valence-electron chi connectivity index (χ3n) is 4.15. The molecule has 1 unspecified atom stereocenters. The Morgan fingerprint density at radius 1 is 0.950 bits per heavy atom. The fourth-order valence-corrected chi connectivity index (χ4v) is 2.59. The second kappa shape index (κ2) is 6.23. The maximum absolute atomic E-state index is 6.68. The van der Waals surface area contributed by atoms with E-state index < -0.39 is 0 Å². The Morgan fingerprint density at radius 3 is 2.05 bits per heavy atom. The van der Waals surface area contributed by atoms with Crippen LogP contribution in [0.15, 0.2) is 54.6 Å². The SMILES string of the molecule is CCC(N)(Cc1ccccc1)c1ccc(C(C)C)cc1. The molecule has 1 heteroatoms. The molecule has 1 atom stereocenters. The van der Waals surface area contributed by atoms with E-state index in [0.717, 1.165) is 12.8 Å². The summed E-state index contributed by atoms with van der Waals surface area (Å²) in [4.78, 5) is 0. The van der Waals surface area contributed by atoms with Gasteiger partial charge in [-0.05, 0) is 35.4 Å². The first-order valence-corrected chi connectivity index (χ1v) is 7.48. The summed E-state index contributed by atoms with van der Waals surface area (Å²) >= 11 is 0. The van der Waals surface area contributed by atoms with Gasteiger partial charge in [-0.3, -0.25) is 0 Å². The molecular weight excluding hydrogens is 242 g/mol. The molecule has 0 saturated heterocycles. The lowest BCUT2D eigenvalue weighted by Crippen LogP contribution is -2.38. The maximum Gasteiger partial charge on any atom is 0.0447 e. The van der Waals surface area contributed by atoms with E-state index in [0.29, 0.717) is 5.92 Å². The van der Waals surface area contributed by atoms with Crippen LogP contribution in [0.25, 0.3) is 0 Å². The van der Waals surface area contributed by atoms with E-state index in [1.807, 2.05) is 6.07 Å². The molecular formula is C19H25N. The molecule has 0 aliphatic heterocycles. The minimum atomic E-state index is -0.281. The van der Waals surface area contributed by atoms with Crippen molar-refractivity contribution in [1.82, 2.24) is 0 Å². The smallest absolute Gasteiger partial charge is 0.0447 e. The predicted molar refractivity (Wildman–Crippen MR) is 86.8 cm³/mol. The van der Waals surface area contributed by atoms with Crippen molar-refractivity contribution in [2.24, 2.45) is 5.73 Å². The first-order valence-electron chi connectivity index (χ1n) is 7.48. The van der Waals surface area contributed by atoms with E-state index in [-0.39, 0.29) is 5.54 Å². The highest BCUT2D eigenvalue weighted by Crippen LogP contribution is 2.28. The predicted octanol–water partition coefficient (Wildman–Crippen LogP) is 4.62. The summed E-state index contributed by atoms with van der Waals surface area (Å²) in [6, 6.07) is 19.3. The molecule has 0 spiro atoms. The molecule has 0 radical (unpaired) electrons. The number of benzene rings is 2. The molecule has 0 amide bonds. The van der Waals surface area contributed by atoms with Gasteiger partial charge in [0, 0.05) is 5.54 Å². The van der Waals surface area contributed by atoms with E-state index >= 15 is 0 Å². The van der Waals surface area contributed by atoms with Gasteiger partial charge in [-0.25, -0.2) is 0 Å². The van der Waals surface area contributed by atoms with Gasteiger partial charge in [0.1, 0.15) is 0 Å². The summed E-state index contributed by atoms with van der Waals surface area (Å²) in [7, 11) is 0. The summed E-state index contributed by atoms with van der Waals surface area (Å²) in [6.45, 7) is 6.60. The van der Waals surface area contributed by atoms with Crippen molar-refractivity contribution < 1.29 is 0 Å². The maximum atomic E-state index is 6.68. The van der Waals surface area contributed by atoms with Crippen LogP contribution in [-0.2, 0) is 12.0 Å². The van der Waals surface area contributed by atoms with Crippen LogP contribution in [0.1, 0.15) is 49.8 Å². The highest BCUT2D eigenvalue weighted by atomic mass is 14.7. The van der Waals surface area contributed by atoms with E-state index in [2.05, 4.69) is 69.3 Å². The Hall–Kier alpha value is -1.60. The molecule has 0 aliphatic carbocycles. The molecule has 1 nitrogen and oxygen atoms in total. The quantitative estimate of drug-likeness (QED) is 0.840. The van der Waals surface area contributed by atoms with Gasteiger partial charge in [-0.1, -0.05) is 75.4 Å². The summed E-state index contributed by atoms with van der Waals surface area (Å²) in [5.41, 5.74) is 10.3. The van der Waals surface area contributed by atoms with Crippen molar-refractivity contribution in [3.8, 4) is 0 Å². The molecule has 20 heavy (non-hydrogen) atoms. The van der Waals surface area contributed by atoms with Crippen LogP contribution in [0, 0.1) is 0 Å². The van der Waals surface area contributed by atoms with Crippen molar-refractivity contribution in [2.45, 2.75) is 45.1 Å². The zero-order chi connectivity index (χ0) is 14.6. The third-order valence-corrected chi connectivity index (χ3v) is 4.15. The Kier molecular flexibility index (Phi) is 4.61. The minimum absolute atomic E-state index is 0.281. The monoisotopic (exact) mass is 267 g/mol. The van der Waals surface area contributed by atoms with Crippen LogP contribution < -0.4 is 5.73 Å². The molecule has 2 rings (SSSR count). The second-order valence-corrected chi connectivity index (χ2v) is 5.95. The number of rotatable bonds is 5. The third kappa shape index (κ3) is 3.29. The topological polar surface area (TPSA) is 26.0 Å². The molecule has 2 N–H and O–H groups in total. The largest absolute Gasteiger partial charge is 0.321 e. The van der Waals surface area contributed by atoms with Gasteiger partial charge in [0.25, 0.3) is 0 Å². The zero-order valence-corrected chi connectivity index (χ0v) is 12.8. The highest BCUT2D eigenvalue weighted by molar-refractivity contribution is 5.32. The lowest BCUT2D eigenvalue weighted by Gasteiger charge is -2.29. The van der Waals surface area contributed by atoms with Crippen LogP contribution in [0.5, 0.6) is 0 Å². The fraction of sp³-hybridized carbons (Fsp3) is 0.368. The Labute approximate surface area is 122 Å². The molecule has 0 heterocycles. The summed E-state index contributed by atoms with van der Waals surface area (Å²) < 4.78 is 0.